The van der Waals surface area contributed by atoms with Crippen molar-refractivity contribution in [2.75, 3.05) is 5.32 Å². The first-order valence-electron chi connectivity index (χ1n) is 7.31. The molecule has 0 spiro atoms. The molecule has 0 unspecified atom stereocenters. The number of carbonyl (C=O) groups is 1. The van der Waals surface area contributed by atoms with Crippen LogP contribution in [0.4, 0.5) is 10.7 Å². The number of nitriles is 1. The molecule has 1 aliphatic carbocycles. The summed E-state index contributed by atoms with van der Waals surface area (Å²) in [5, 5.41) is 23.7. The number of aryl methyl sites for hydroxylation is 1. The summed E-state index contributed by atoms with van der Waals surface area (Å²) >= 11 is 4.52. The molecule has 8 heteroatoms. The Labute approximate surface area is 150 Å². The minimum Gasteiger partial charge on any atom is -0.312 e. The number of amides is 1. The number of hydrogen-bond acceptors (Lipinski definition) is 5. The molecule has 1 amide bonds. The molecule has 1 heterocycles. The minimum atomic E-state index is -0.550. The number of benzene rings is 1. The molecule has 1 N–H and O–H groups in total. The van der Waals surface area contributed by atoms with Crippen LogP contribution in [-0.4, -0.2) is 10.8 Å². The van der Waals surface area contributed by atoms with Gasteiger partial charge in [0.25, 0.3) is 11.6 Å². The largest absolute Gasteiger partial charge is 0.312 e. The van der Waals surface area contributed by atoms with Crippen LogP contribution >= 0.6 is 27.3 Å². The van der Waals surface area contributed by atoms with Crippen LogP contribution in [0.3, 0.4) is 0 Å². The molecule has 0 atom stereocenters. The number of thiophene rings is 1. The van der Waals surface area contributed by atoms with E-state index in [1.807, 2.05) is 0 Å². The molecule has 1 aliphatic rings. The second kappa shape index (κ2) is 6.71. The number of nitrogens with one attached hydrogen (secondary N) is 1. The second-order valence-electron chi connectivity index (χ2n) is 5.40. The highest BCUT2D eigenvalue weighted by Gasteiger charge is 2.23. The molecule has 0 fully saturated rings. The van der Waals surface area contributed by atoms with Gasteiger partial charge in [-0.15, -0.1) is 11.3 Å². The highest BCUT2D eigenvalue weighted by atomic mass is 79.9. The average molecular weight is 406 g/mol. The SMILES string of the molecule is N#Cc1c(NC(=O)c2ccc(Br)c([N+](=O)[O-])c2)sc2c1CCCC2. The van der Waals surface area contributed by atoms with Gasteiger partial charge in [0, 0.05) is 16.5 Å². The predicted molar refractivity (Wildman–Crippen MR) is 94.4 cm³/mol. The Kier molecular flexibility index (Phi) is 4.64. The topological polar surface area (TPSA) is 96.0 Å². The molecule has 2 aromatic rings. The Morgan fingerprint density at radius 3 is 2.83 bits per heavy atom. The first-order valence-corrected chi connectivity index (χ1v) is 8.92. The number of nitro groups is 1. The van der Waals surface area contributed by atoms with E-state index < -0.39 is 10.8 Å². The zero-order valence-electron chi connectivity index (χ0n) is 12.5. The summed E-state index contributed by atoms with van der Waals surface area (Å²) < 4.78 is 0.313. The number of halogens is 1. The highest BCUT2D eigenvalue weighted by molar-refractivity contribution is 9.10. The van der Waals surface area contributed by atoms with Gasteiger partial charge in [-0.25, -0.2) is 0 Å². The van der Waals surface area contributed by atoms with E-state index in [1.54, 1.807) is 0 Å². The van der Waals surface area contributed by atoms with Crippen LogP contribution in [0, 0.1) is 21.4 Å². The lowest BCUT2D eigenvalue weighted by Crippen LogP contribution is -2.12. The summed E-state index contributed by atoms with van der Waals surface area (Å²) in [6.45, 7) is 0. The first-order chi connectivity index (χ1) is 11.5. The Morgan fingerprint density at radius 1 is 1.38 bits per heavy atom. The van der Waals surface area contributed by atoms with E-state index >= 15 is 0 Å². The summed E-state index contributed by atoms with van der Waals surface area (Å²) in [6, 6.07) is 6.38. The maximum absolute atomic E-state index is 12.4. The molecular formula is C16H12BrN3O3S. The van der Waals surface area contributed by atoms with Crippen molar-refractivity contribution in [3.8, 4) is 6.07 Å². The highest BCUT2D eigenvalue weighted by Crippen LogP contribution is 2.38. The number of carbonyl (C=O) groups excluding carboxylic acids is 1. The van der Waals surface area contributed by atoms with Crippen molar-refractivity contribution in [3.63, 3.8) is 0 Å². The monoisotopic (exact) mass is 405 g/mol. The maximum Gasteiger partial charge on any atom is 0.284 e. The van der Waals surface area contributed by atoms with E-state index in [-0.39, 0.29) is 11.3 Å². The smallest absolute Gasteiger partial charge is 0.284 e. The lowest BCUT2D eigenvalue weighted by molar-refractivity contribution is -0.385. The first kappa shape index (κ1) is 16.6. The third-order valence-corrected chi connectivity index (χ3v) is 5.79. The number of hydrogen-bond donors (Lipinski definition) is 1. The lowest BCUT2D eigenvalue weighted by Gasteiger charge is -2.09. The van der Waals surface area contributed by atoms with Gasteiger partial charge in [-0.3, -0.25) is 14.9 Å². The van der Waals surface area contributed by atoms with Crippen molar-refractivity contribution in [3.05, 3.63) is 54.4 Å². The summed E-state index contributed by atoms with van der Waals surface area (Å²) in [6.07, 6.45) is 3.91. The number of fused-ring (bicyclic) bond motifs is 1. The van der Waals surface area contributed by atoms with Gasteiger partial charge < -0.3 is 5.32 Å². The van der Waals surface area contributed by atoms with E-state index in [2.05, 4.69) is 27.3 Å². The molecule has 0 bridgehead atoms. The van der Waals surface area contributed by atoms with Crippen molar-refractivity contribution in [1.82, 2.24) is 0 Å². The van der Waals surface area contributed by atoms with Crippen LogP contribution in [0.1, 0.15) is 39.2 Å². The molecule has 3 rings (SSSR count). The molecule has 0 saturated carbocycles. The molecule has 0 radical (unpaired) electrons. The van der Waals surface area contributed by atoms with Crippen LogP contribution in [0.2, 0.25) is 0 Å². The van der Waals surface area contributed by atoms with Crippen LogP contribution in [0.5, 0.6) is 0 Å². The summed E-state index contributed by atoms with van der Waals surface area (Å²) in [5.41, 5.74) is 1.56. The summed E-state index contributed by atoms with van der Waals surface area (Å²) in [7, 11) is 0. The van der Waals surface area contributed by atoms with Crippen molar-refractivity contribution >= 4 is 43.9 Å². The van der Waals surface area contributed by atoms with E-state index in [9.17, 15) is 20.2 Å². The third-order valence-electron chi connectivity index (χ3n) is 3.92. The Balaban J connectivity index is 1.91. The van der Waals surface area contributed by atoms with Gasteiger partial charge >= 0.3 is 0 Å². The second-order valence-corrected chi connectivity index (χ2v) is 7.36. The number of rotatable bonds is 3. The van der Waals surface area contributed by atoms with Gasteiger partial charge in [-0.2, -0.15) is 5.26 Å². The van der Waals surface area contributed by atoms with Crippen LogP contribution < -0.4 is 5.32 Å². The molecule has 1 aromatic heterocycles. The third kappa shape index (κ3) is 3.05. The molecular weight excluding hydrogens is 394 g/mol. The quantitative estimate of drug-likeness (QED) is 0.603. The molecule has 0 saturated heterocycles. The Morgan fingerprint density at radius 2 is 2.12 bits per heavy atom. The normalized spacial score (nSPS) is 13.0. The fourth-order valence-corrected chi connectivity index (χ4v) is 4.37. The van der Waals surface area contributed by atoms with Crippen LogP contribution in [0.25, 0.3) is 0 Å². The van der Waals surface area contributed by atoms with Crippen LogP contribution in [-0.2, 0) is 12.8 Å². The maximum atomic E-state index is 12.4. The summed E-state index contributed by atoms with van der Waals surface area (Å²) in [5.74, 6) is -0.458. The van der Waals surface area contributed by atoms with Gasteiger partial charge in [0.1, 0.15) is 11.1 Å². The standard InChI is InChI=1S/C16H12BrN3O3S/c17-12-6-5-9(7-13(12)20(22)23)15(21)19-16-11(8-18)10-3-1-2-4-14(10)24-16/h5-7H,1-4H2,(H,19,21). The van der Waals surface area contributed by atoms with E-state index in [4.69, 9.17) is 0 Å². The van der Waals surface area contributed by atoms with E-state index in [1.165, 1.54) is 29.5 Å². The fourth-order valence-electron chi connectivity index (χ4n) is 2.74. The van der Waals surface area contributed by atoms with Crippen molar-refractivity contribution in [1.29, 1.82) is 5.26 Å². The Bertz CT molecular complexity index is 885. The number of nitrogens with zero attached hydrogens (tertiary/aromatic N) is 2. The molecule has 0 aliphatic heterocycles. The zero-order valence-corrected chi connectivity index (χ0v) is 14.9. The molecule has 122 valence electrons. The zero-order chi connectivity index (χ0) is 17.3. The van der Waals surface area contributed by atoms with Gasteiger partial charge in [-0.05, 0) is 59.3 Å². The van der Waals surface area contributed by atoms with Gasteiger partial charge in [0.05, 0.1) is 15.0 Å². The van der Waals surface area contributed by atoms with Gasteiger partial charge in [0.2, 0.25) is 0 Å². The number of anilines is 1. The molecule has 24 heavy (non-hydrogen) atoms. The molecule has 1 aromatic carbocycles. The van der Waals surface area contributed by atoms with Crippen molar-refractivity contribution < 1.29 is 9.72 Å². The summed E-state index contributed by atoms with van der Waals surface area (Å²) in [4.78, 5) is 24.0. The molecule has 6 nitrogen and oxygen atoms in total. The van der Waals surface area contributed by atoms with Gasteiger partial charge in [-0.1, -0.05) is 0 Å². The fraction of sp³-hybridized carbons (Fsp3) is 0.250. The van der Waals surface area contributed by atoms with Crippen LogP contribution in [0.15, 0.2) is 22.7 Å². The number of nitro benzene ring substituents is 1. The Hall–Kier alpha value is -2.24. The minimum absolute atomic E-state index is 0.173. The van der Waals surface area contributed by atoms with Crippen molar-refractivity contribution in [2.45, 2.75) is 25.7 Å². The average Bonchev–Trinajstić information content (AvgIpc) is 2.91. The van der Waals surface area contributed by atoms with Gasteiger partial charge in [0.15, 0.2) is 0 Å². The van der Waals surface area contributed by atoms with Crippen molar-refractivity contribution in [2.24, 2.45) is 0 Å². The lowest BCUT2D eigenvalue weighted by atomic mass is 9.96. The van der Waals surface area contributed by atoms with E-state index in [0.29, 0.717) is 15.0 Å². The van der Waals surface area contributed by atoms with E-state index in [0.717, 1.165) is 36.1 Å². The predicted octanol–water partition coefficient (Wildman–Crippen LogP) is 4.42.